The number of rotatable bonds is 13. The molecule has 3 amide bonds. The Labute approximate surface area is 216 Å². The van der Waals surface area contributed by atoms with Crippen molar-refractivity contribution in [1.82, 2.24) is 15.1 Å². The normalized spacial score (nSPS) is 10.4. The smallest absolute Gasteiger partial charge is 0.318 e. The van der Waals surface area contributed by atoms with E-state index < -0.39 is 0 Å². The van der Waals surface area contributed by atoms with Crippen LogP contribution in [0.2, 0.25) is 0 Å². The zero-order valence-corrected chi connectivity index (χ0v) is 21.6. The van der Waals surface area contributed by atoms with Gasteiger partial charge in [-0.15, -0.1) is 17.9 Å². The van der Waals surface area contributed by atoms with Crippen molar-refractivity contribution in [2.45, 2.75) is 19.5 Å². The zero-order valence-electron chi connectivity index (χ0n) is 20.8. The molecule has 3 aromatic rings. The summed E-state index contributed by atoms with van der Waals surface area (Å²) >= 11 is 1.60. The average Bonchev–Trinajstić information content (AvgIpc) is 3.43. The number of benzene rings is 2. The lowest BCUT2D eigenvalue weighted by Gasteiger charge is -2.27. The third kappa shape index (κ3) is 7.88. The molecule has 2 aromatic carbocycles. The van der Waals surface area contributed by atoms with E-state index in [4.69, 9.17) is 9.47 Å². The lowest BCUT2D eigenvalue weighted by atomic mass is 10.1. The first-order valence-corrected chi connectivity index (χ1v) is 12.6. The summed E-state index contributed by atoms with van der Waals surface area (Å²) in [5.74, 6) is 1.19. The van der Waals surface area contributed by atoms with Crippen LogP contribution in [0.15, 0.2) is 78.7 Å². The van der Waals surface area contributed by atoms with Crippen LogP contribution in [0, 0.1) is 0 Å². The average molecular weight is 508 g/mol. The fraction of sp³-hybridized carbons (Fsp3) is 0.286. The van der Waals surface area contributed by atoms with Gasteiger partial charge in [0.15, 0.2) is 11.5 Å². The summed E-state index contributed by atoms with van der Waals surface area (Å²) < 4.78 is 10.7. The standard InChI is InChI=1S/C28H33N3O4S/c1-4-15-31(28(33)29-19-23-9-6-5-7-10-23)21-27(32)30(20-24-11-8-17-36-24)16-14-22-12-13-25(34-2)26(18-22)35-3/h4-13,17-18H,1,14-16,19-21H2,2-3H3,(H,29,33). The second kappa shape index (κ2) is 13.9. The molecule has 3 rings (SSSR count). The topological polar surface area (TPSA) is 71.1 Å². The van der Waals surface area contributed by atoms with Gasteiger partial charge in [-0.05, 0) is 41.1 Å². The Morgan fingerprint density at radius 1 is 0.972 bits per heavy atom. The van der Waals surface area contributed by atoms with E-state index in [-0.39, 0.29) is 25.0 Å². The largest absolute Gasteiger partial charge is 0.493 e. The summed E-state index contributed by atoms with van der Waals surface area (Å²) in [6.07, 6.45) is 2.27. The van der Waals surface area contributed by atoms with Crippen LogP contribution in [0.3, 0.4) is 0 Å². The number of ether oxygens (including phenoxy) is 2. The third-order valence-corrected chi connectivity index (χ3v) is 6.51. The van der Waals surface area contributed by atoms with E-state index in [0.29, 0.717) is 37.6 Å². The Kier molecular flexibility index (Phi) is 10.4. The molecule has 0 atom stereocenters. The number of nitrogens with one attached hydrogen (secondary N) is 1. The van der Waals surface area contributed by atoms with Crippen LogP contribution >= 0.6 is 11.3 Å². The minimum absolute atomic E-state index is 0.0377. The Morgan fingerprint density at radius 2 is 1.75 bits per heavy atom. The molecule has 36 heavy (non-hydrogen) atoms. The highest BCUT2D eigenvalue weighted by Crippen LogP contribution is 2.28. The van der Waals surface area contributed by atoms with Crippen molar-refractivity contribution in [2.75, 3.05) is 33.9 Å². The van der Waals surface area contributed by atoms with Crippen molar-refractivity contribution in [3.8, 4) is 11.5 Å². The van der Waals surface area contributed by atoms with Crippen LogP contribution in [0.25, 0.3) is 0 Å². The molecule has 8 heteroatoms. The molecule has 0 unspecified atom stereocenters. The molecular weight excluding hydrogens is 474 g/mol. The van der Waals surface area contributed by atoms with E-state index in [1.165, 1.54) is 4.90 Å². The minimum atomic E-state index is -0.303. The van der Waals surface area contributed by atoms with Crippen LogP contribution < -0.4 is 14.8 Å². The lowest BCUT2D eigenvalue weighted by molar-refractivity contribution is -0.132. The van der Waals surface area contributed by atoms with Crippen LogP contribution in [-0.2, 0) is 24.3 Å². The van der Waals surface area contributed by atoms with E-state index in [1.807, 2.05) is 66.0 Å². The summed E-state index contributed by atoms with van der Waals surface area (Å²) in [5, 5.41) is 4.89. The van der Waals surface area contributed by atoms with Gasteiger partial charge in [-0.25, -0.2) is 4.79 Å². The van der Waals surface area contributed by atoms with Crippen LogP contribution in [0.4, 0.5) is 4.79 Å². The van der Waals surface area contributed by atoms with Gasteiger partial charge < -0.3 is 24.6 Å². The van der Waals surface area contributed by atoms with Gasteiger partial charge in [0.05, 0.1) is 20.8 Å². The second-order valence-corrected chi connectivity index (χ2v) is 9.18. The highest BCUT2D eigenvalue weighted by atomic mass is 32.1. The number of urea groups is 1. The number of carbonyl (C=O) groups is 2. The second-order valence-electron chi connectivity index (χ2n) is 8.15. The van der Waals surface area contributed by atoms with Gasteiger partial charge in [0.1, 0.15) is 6.54 Å². The maximum atomic E-state index is 13.4. The van der Waals surface area contributed by atoms with Gasteiger partial charge in [0.25, 0.3) is 0 Å². The fourth-order valence-electron chi connectivity index (χ4n) is 3.71. The quantitative estimate of drug-likeness (QED) is 0.340. The van der Waals surface area contributed by atoms with E-state index in [2.05, 4.69) is 11.9 Å². The first kappa shape index (κ1) is 26.8. The number of amides is 3. The molecule has 1 heterocycles. The summed E-state index contributed by atoms with van der Waals surface area (Å²) in [4.78, 5) is 30.6. The van der Waals surface area contributed by atoms with Gasteiger partial charge in [0.2, 0.25) is 5.91 Å². The van der Waals surface area contributed by atoms with Crippen molar-refractivity contribution in [3.63, 3.8) is 0 Å². The van der Waals surface area contributed by atoms with Crippen molar-refractivity contribution >= 4 is 23.3 Å². The van der Waals surface area contributed by atoms with Crippen molar-refractivity contribution in [2.24, 2.45) is 0 Å². The molecule has 0 spiro atoms. The first-order valence-electron chi connectivity index (χ1n) is 11.7. The Bertz CT molecular complexity index is 1120. The molecule has 190 valence electrons. The van der Waals surface area contributed by atoms with Gasteiger partial charge >= 0.3 is 6.03 Å². The number of thiophene rings is 1. The molecule has 7 nitrogen and oxygen atoms in total. The predicted molar refractivity (Wildman–Crippen MR) is 143 cm³/mol. The molecule has 0 aliphatic heterocycles. The highest BCUT2D eigenvalue weighted by molar-refractivity contribution is 7.09. The molecule has 0 saturated heterocycles. The van der Waals surface area contributed by atoms with Crippen molar-refractivity contribution in [3.05, 3.63) is 94.7 Å². The van der Waals surface area contributed by atoms with E-state index in [9.17, 15) is 9.59 Å². The zero-order chi connectivity index (χ0) is 25.8. The van der Waals surface area contributed by atoms with Crippen LogP contribution in [-0.4, -0.2) is 55.6 Å². The molecule has 0 aliphatic carbocycles. The molecule has 1 aromatic heterocycles. The van der Waals surface area contributed by atoms with Crippen LogP contribution in [0.5, 0.6) is 11.5 Å². The summed E-state index contributed by atoms with van der Waals surface area (Å²) in [6.45, 7) is 5.36. The van der Waals surface area contributed by atoms with E-state index in [1.54, 1.807) is 36.5 Å². The summed E-state index contributed by atoms with van der Waals surface area (Å²) in [6, 6.07) is 19.1. The molecule has 0 saturated carbocycles. The maximum absolute atomic E-state index is 13.4. The molecule has 0 radical (unpaired) electrons. The van der Waals surface area contributed by atoms with Gasteiger partial charge in [-0.1, -0.05) is 48.5 Å². The number of methoxy groups -OCH3 is 2. The molecule has 0 fully saturated rings. The minimum Gasteiger partial charge on any atom is -0.493 e. The maximum Gasteiger partial charge on any atom is 0.318 e. The molecular formula is C28H33N3O4S. The molecule has 0 bridgehead atoms. The summed E-state index contributed by atoms with van der Waals surface area (Å²) in [7, 11) is 3.20. The highest BCUT2D eigenvalue weighted by Gasteiger charge is 2.21. The summed E-state index contributed by atoms with van der Waals surface area (Å²) in [5.41, 5.74) is 2.02. The Morgan fingerprint density at radius 3 is 2.42 bits per heavy atom. The number of hydrogen-bond donors (Lipinski definition) is 1. The SMILES string of the molecule is C=CCN(CC(=O)N(CCc1ccc(OC)c(OC)c1)Cc1cccs1)C(=O)NCc1ccccc1. The number of nitrogens with zero attached hydrogens (tertiary/aromatic N) is 2. The van der Waals surface area contributed by atoms with Crippen LogP contribution in [0.1, 0.15) is 16.0 Å². The lowest BCUT2D eigenvalue weighted by Crippen LogP contribution is -2.46. The monoisotopic (exact) mass is 507 g/mol. The third-order valence-electron chi connectivity index (χ3n) is 5.65. The number of carbonyl (C=O) groups excluding carboxylic acids is 2. The van der Waals surface area contributed by atoms with E-state index >= 15 is 0 Å². The molecule has 0 aliphatic rings. The fourth-order valence-corrected chi connectivity index (χ4v) is 4.43. The predicted octanol–water partition coefficient (Wildman–Crippen LogP) is 4.73. The first-order chi connectivity index (χ1) is 17.5. The Hall–Kier alpha value is -3.78. The van der Waals surface area contributed by atoms with Gasteiger partial charge in [0, 0.05) is 24.5 Å². The Balaban J connectivity index is 1.68. The van der Waals surface area contributed by atoms with Crippen molar-refractivity contribution in [1.29, 1.82) is 0 Å². The van der Waals surface area contributed by atoms with Crippen molar-refractivity contribution < 1.29 is 19.1 Å². The van der Waals surface area contributed by atoms with E-state index in [0.717, 1.165) is 16.0 Å². The molecule has 1 N–H and O–H groups in total. The van der Waals surface area contributed by atoms with Gasteiger partial charge in [-0.3, -0.25) is 4.79 Å². The number of hydrogen-bond acceptors (Lipinski definition) is 5. The van der Waals surface area contributed by atoms with Gasteiger partial charge in [-0.2, -0.15) is 0 Å².